The molecule has 78 valence electrons. The third-order valence-corrected chi connectivity index (χ3v) is 4.22. The van der Waals surface area contributed by atoms with Crippen molar-refractivity contribution >= 4 is 13.3 Å². The fourth-order valence-corrected chi connectivity index (χ4v) is 2.96. The Morgan fingerprint density at radius 1 is 1.27 bits per heavy atom. The van der Waals surface area contributed by atoms with Crippen LogP contribution < -0.4 is 0 Å². The first-order chi connectivity index (χ1) is 6.95. The fourth-order valence-electron chi connectivity index (χ4n) is 1.43. The van der Waals surface area contributed by atoms with Gasteiger partial charge in [0.25, 0.3) is 0 Å². The van der Waals surface area contributed by atoms with E-state index >= 15 is 0 Å². The third kappa shape index (κ3) is 3.03. The number of nitrogens with zero attached hydrogens (tertiary/aromatic N) is 1. The van der Waals surface area contributed by atoms with E-state index < -0.39 is 8.07 Å². The Kier molecular flexibility index (Phi) is 3.43. The monoisotopic (exact) mass is 219 g/mol. The molecule has 0 aliphatic heterocycles. The van der Waals surface area contributed by atoms with Gasteiger partial charge in [-0.15, -0.1) is 0 Å². The number of benzene rings is 1. The fraction of sp³-hybridized carbons (Fsp3) is 0.250. The Labute approximate surface area is 90.9 Å². The molecule has 0 N–H and O–H groups in total. The van der Waals surface area contributed by atoms with E-state index in [-0.39, 0.29) is 5.82 Å². The predicted molar refractivity (Wildman–Crippen MR) is 63.3 cm³/mol. The lowest BCUT2D eigenvalue weighted by molar-refractivity contribution is 0.627. The molecule has 0 fully saturated rings. The maximum absolute atomic E-state index is 12.8. The van der Waals surface area contributed by atoms with Gasteiger partial charge in [-0.25, -0.2) is 4.39 Å². The Morgan fingerprint density at radius 3 is 2.20 bits per heavy atom. The van der Waals surface area contributed by atoms with Crippen LogP contribution in [-0.2, 0) is 0 Å². The van der Waals surface area contributed by atoms with Gasteiger partial charge in [0.15, 0.2) is 0 Å². The predicted octanol–water partition coefficient (Wildman–Crippen LogP) is 3.61. The van der Waals surface area contributed by atoms with E-state index in [0.717, 1.165) is 10.8 Å². The minimum Gasteiger partial charge on any atom is -0.207 e. The van der Waals surface area contributed by atoms with Crippen LogP contribution in [-0.4, -0.2) is 8.07 Å². The van der Waals surface area contributed by atoms with Crippen LogP contribution >= 0.6 is 0 Å². The van der Waals surface area contributed by atoms with Gasteiger partial charge in [-0.2, -0.15) is 5.26 Å². The van der Waals surface area contributed by atoms with Crippen LogP contribution in [0.5, 0.6) is 0 Å². The van der Waals surface area contributed by atoms with Crippen molar-refractivity contribution in [2.45, 2.75) is 19.6 Å². The first-order valence-electron chi connectivity index (χ1n) is 4.81. The van der Waals surface area contributed by atoms with E-state index in [0.29, 0.717) is 0 Å². The summed E-state index contributed by atoms with van der Waals surface area (Å²) in [6, 6.07) is 8.39. The highest BCUT2D eigenvalue weighted by atomic mass is 28.3. The van der Waals surface area contributed by atoms with Gasteiger partial charge in [-0.05, 0) is 22.9 Å². The molecule has 1 rings (SSSR count). The lowest BCUT2D eigenvalue weighted by atomic mass is 10.2. The molecule has 0 saturated carbocycles. The van der Waals surface area contributed by atoms with Gasteiger partial charge in [-0.3, -0.25) is 0 Å². The zero-order valence-corrected chi connectivity index (χ0v) is 10.2. The molecule has 1 nitrogen and oxygen atoms in total. The summed E-state index contributed by atoms with van der Waals surface area (Å²) in [7, 11) is -1.55. The van der Waals surface area contributed by atoms with Crippen molar-refractivity contribution in [3.63, 3.8) is 0 Å². The average molecular weight is 219 g/mol. The number of allylic oxidation sites excluding steroid dienone is 1. The Hall–Kier alpha value is -1.40. The first kappa shape index (κ1) is 11.7. The highest BCUT2D eigenvalue weighted by molar-refractivity contribution is 6.93. The normalized spacial score (nSPS) is 12.3. The van der Waals surface area contributed by atoms with Crippen LogP contribution in [0.1, 0.15) is 5.56 Å². The smallest absolute Gasteiger partial charge is 0.123 e. The van der Waals surface area contributed by atoms with E-state index in [2.05, 4.69) is 25.7 Å². The summed E-state index contributed by atoms with van der Waals surface area (Å²) in [5.41, 5.74) is 0.956. The maximum atomic E-state index is 12.8. The van der Waals surface area contributed by atoms with E-state index in [1.54, 1.807) is 18.2 Å². The number of nitriles is 1. The highest BCUT2D eigenvalue weighted by Crippen LogP contribution is 2.25. The summed E-state index contributed by atoms with van der Waals surface area (Å²) in [6.45, 7) is 6.50. The van der Waals surface area contributed by atoms with Crippen molar-refractivity contribution in [1.82, 2.24) is 0 Å². The molecule has 15 heavy (non-hydrogen) atoms. The van der Waals surface area contributed by atoms with Crippen LogP contribution in [0.3, 0.4) is 0 Å². The number of hydrogen-bond donors (Lipinski definition) is 0. The van der Waals surface area contributed by atoms with Crippen LogP contribution in [0.15, 0.2) is 30.3 Å². The summed E-state index contributed by atoms with van der Waals surface area (Å²) < 4.78 is 12.8. The van der Waals surface area contributed by atoms with Crippen LogP contribution in [0.2, 0.25) is 19.6 Å². The minimum absolute atomic E-state index is 0.245. The zero-order chi connectivity index (χ0) is 11.5. The third-order valence-electron chi connectivity index (χ3n) is 2.17. The molecular formula is C12H14FNSi. The lowest BCUT2D eigenvalue weighted by Gasteiger charge is -2.20. The Morgan fingerprint density at radius 2 is 1.80 bits per heavy atom. The van der Waals surface area contributed by atoms with Gasteiger partial charge < -0.3 is 0 Å². The van der Waals surface area contributed by atoms with Gasteiger partial charge in [-0.1, -0.05) is 31.8 Å². The summed E-state index contributed by atoms with van der Waals surface area (Å²) >= 11 is 0. The van der Waals surface area contributed by atoms with E-state index in [1.165, 1.54) is 12.1 Å². The number of rotatable bonds is 2. The summed E-state index contributed by atoms with van der Waals surface area (Å²) in [5.74, 6) is -0.245. The van der Waals surface area contributed by atoms with Crippen molar-refractivity contribution in [3.8, 4) is 6.07 Å². The van der Waals surface area contributed by atoms with Crippen molar-refractivity contribution in [1.29, 1.82) is 5.26 Å². The molecule has 0 bridgehead atoms. The average Bonchev–Trinajstić information content (AvgIpc) is 2.14. The molecule has 1 aromatic rings. The first-order valence-corrected chi connectivity index (χ1v) is 8.31. The van der Waals surface area contributed by atoms with E-state index in [4.69, 9.17) is 5.26 Å². The van der Waals surface area contributed by atoms with E-state index in [1.807, 2.05) is 0 Å². The largest absolute Gasteiger partial charge is 0.207 e. The molecule has 0 aromatic heterocycles. The molecule has 0 aliphatic carbocycles. The summed E-state index contributed by atoms with van der Waals surface area (Å²) in [5, 5.41) is 9.80. The number of hydrogen-bond acceptors (Lipinski definition) is 1. The molecule has 0 unspecified atom stereocenters. The molecule has 0 saturated heterocycles. The van der Waals surface area contributed by atoms with Crippen molar-refractivity contribution in [3.05, 3.63) is 41.7 Å². The zero-order valence-electron chi connectivity index (χ0n) is 9.21. The molecule has 0 spiro atoms. The quantitative estimate of drug-likeness (QED) is 0.550. The van der Waals surface area contributed by atoms with Gasteiger partial charge in [0, 0.05) is 6.08 Å². The van der Waals surface area contributed by atoms with Gasteiger partial charge >= 0.3 is 0 Å². The van der Waals surface area contributed by atoms with Crippen LogP contribution in [0.25, 0.3) is 5.20 Å². The van der Waals surface area contributed by atoms with Crippen molar-refractivity contribution in [2.75, 3.05) is 0 Å². The SMILES string of the molecule is C[Si](C)(C)/C(=C/C#N)c1ccc(F)cc1. The van der Waals surface area contributed by atoms with E-state index in [9.17, 15) is 4.39 Å². The second kappa shape index (κ2) is 4.41. The van der Waals surface area contributed by atoms with Crippen LogP contribution in [0, 0.1) is 17.1 Å². The molecule has 1 aromatic carbocycles. The Balaban J connectivity index is 3.19. The molecule has 0 amide bonds. The van der Waals surface area contributed by atoms with Gasteiger partial charge in [0.2, 0.25) is 0 Å². The minimum atomic E-state index is -1.55. The lowest BCUT2D eigenvalue weighted by Crippen LogP contribution is -2.22. The maximum Gasteiger partial charge on any atom is 0.123 e. The summed E-state index contributed by atoms with van der Waals surface area (Å²) in [6.07, 6.45) is 1.58. The second-order valence-electron chi connectivity index (χ2n) is 4.44. The Bertz CT molecular complexity index is 407. The highest BCUT2D eigenvalue weighted by Gasteiger charge is 2.20. The molecular weight excluding hydrogens is 205 g/mol. The standard InChI is InChI=1S/C12H14FNSi/c1-15(2,3)12(8-9-14)10-4-6-11(13)7-5-10/h4-8H,1-3H3/b12-8+. The van der Waals surface area contributed by atoms with Gasteiger partial charge in [0.1, 0.15) is 5.82 Å². The number of halogens is 1. The molecule has 0 radical (unpaired) electrons. The van der Waals surface area contributed by atoms with Crippen molar-refractivity contribution in [2.24, 2.45) is 0 Å². The topological polar surface area (TPSA) is 23.8 Å². The molecule has 3 heteroatoms. The van der Waals surface area contributed by atoms with Gasteiger partial charge in [0.05, 0.1) is 14.1 Å². The summed E-state index contributed by atoms with van der Waals surface area (Å²) in [4.78, 5) is 0. The second-order valence-corrected chi connectivity index (χ2v) is 9.48. The molecule has 0 heterocycles. The molecule has 0 aliphatic rings. The van der Waals surface area contributed by atoms with Crippen LogP contribution in [0.4, 0.5) is 4.39 Å². The molecule has 0 atom stereocenters. The van der Waals surface area contributed by atoms with Crippen molar-refractivity contribution < 1.29 is 4.39 Å².